The first-order valence-corrected chi connectivity index (χ1v) is 5.60. The van der Waals surface area contributed by atoms with Crippen LogP contribution in [0.2, 0.25) is 0 Å². The summed E-state index contributed by atoms with van der Waals surface area (Å²) in [5, 5.41) is 9.55. The summed E-state index contributed by atoms with van der Waals surface area (Å²) in [4.78, 5) is 12.2. The Labute approximate surface area is 105 Å². The molecule has 0 radical (unpaired) electrons. The van der Waals surface area contributed by atoms with Crippen LogP contribution in [0.1, 0.15) is 27.0 Å². The molecule has 0 unspecified atom stereocenters. The van der Waals surface area contributed by atoms with Crippen LogP contribution in [-0.2, 0) is 0 Å². The fourth-order valence-corrected chi connectivity index (χ4v) is 1.84. The molecule has 2 aromatic carbocycles. The highest BCUT2D eigenvalue weighted by molar-refractivity contribution is 6.10. The molecular weight excluding hydrogens is 231 g/mol. The lowest BCUT2D eigenvalue weighted by molar-refractivity contribution is 0.103. The van der Waals surface area contributed by atoms with Crippen LogP contribution >= 0.6 is 0 Å². The average molecular weight is 244 g/mol. The largest absolute Gasteiger partial charge is 0.508 e. The molecule has 0 aliphatic rings. The molecular formula is C15H13FO2. The van der Waals surface area contributed by atoms with Gasteiger partial charge < -0.3 is 5.11 Å². The molecule has 0 spiro atoms. The second-order valence-corrected chi connectivity index (χ2v) is 4.19. The zero-order valence-electron chi connectivity index (χ0n) is 10.2. The summed E-state index contributed by atoms with van der Waals surface area (Å²) < 4.78 is 13.6. The van der Waals surface area contributed by atoms with Crippen LogP contribution < -0.4 is 0 Å². The van der Waals surface area contributed by atoms with Gasteiger partial charge >= 0.3 is 0 Å². The molecule has 0 aliphatic carbocycles. The summed E-state index contributed by atoms with van der Waals surface area (Å²) >= 11 is 0. The third kappa shape index (κ3) is 1.99. The van der Waals surface area contributed by atoms with Crippen LogP contribution in [0.5, 0.6) is 5.75 Å². The molecule has 2 aromatic rings. The first kappa shape index (κ1) is 12.3. The van der Waals surface area contributed by atoms with Gasteiger partial charge in [0, 0.05) is 5.56 Å². The fraction of sp³-hybridized carbons (Fsp3) is 0.133. The summed E-state index contributed by atoms with van der Waals surface area (Å²) in [5.41, 5.74) is 1.77. The minimum atomic E-state index is -0.535. The van der Waals surface area contributed by atoms with Gasteiger partial charge in [-0.25, -0.2) is 4.39 Å². The minimum absolute atomic E-state index is 0.0469. The molecule has 2 nitrogen and oxygen atoms in total. The van der Waals surface area contributed by atoms with E-state index in [2.05, 4.69) is 0 Å². The Morgan fingerprint density at radius 2 is 1.67 bits per heavy atom. The van der Waals surface area contributed by atoms with Crippen LogP contribution in [0.4, 0.5) is 4.39 Å². The number of benzene rings is 2. The molecule has 0 aliphatic heterocycles. The van der Waals surface area contributed by atoms with E-state index in [1.54, 1.807) is 26.0 Å². The van der Waals surface area contributed by atoms with E-state index in [1.807, 2.05) is 0 Å². The van der Waals surface area contributed by atoms with Crippen molar-refractivity contribution in [2.75, 3.05) is 0 Å². The van der Waals surface area contributed by atoms with Crippen LogP contribution in [0.15, 0.2) is 36.4 Å². The number of ketones is 1. The maximum Gasteiger partial charge on any atom is 0.196 e. The Balaban J connectivity index is 2.54. The number of halogens is 1. The molecule has 1 N–H and O–H groups in total. The number of phenolic OH excluding ortho intramolecular Hbond substituents is 1. The SMILES string of the molecule is Cc1c(O)ccc(C(=O)c2ccccc2F)c1C. The Bertz CT molecular complexity index is 618. The maximum absolute atomic E-state index is 13.6. The zero-order chi connectivity index (χ0) is 13.3. The van der Waals surface area contributed by atoms with Gasteiger partial charge in [-0.1, -0.05) is 12.1 Å². The number of rotatable bonds is 2. The van der Waals surface area contributed by atoms with Crippen molar-refractivity contribution in [3.63, 3.8) is 0 Å². The average Bonchev–Trinajstić information content (AvgIpc) is 2.36. The van der Waals surface area contributed by atoms with Gasteiger partial charge in [0.05, 0.1) is 5.56 Å². The molecule has 0 atom stereocenters. The molecule has 92 valence electrons. The molecule has 0 heterocycles. The van der Waals surface area contributed by atoms with Gasteiger partial charge in [-0.3, -0.25) is 4.79 Å². The minimum Gasteiger partial charge on any atom is -0.508 e. The summed E-state index contributed by atoms with van der Waals surface area (Å²) in [7, 11) is 0. The third-order valence-corrected chi connectivity index (χ3v) is 3.12. The van der Waals surface area contributed by atoms with Crippen LogP contribution in [-0.4, -0.2) is 10.9 Å². The maximum atomic E-state index is 13.6. The number of carbonyl (C=O) groups excluding carboxylic acids is 1. The van der Waals surface area contributed by atoms with E-state index in [0.29, 0.717) is 16.7 Å². The van der Waals surface area contributed by atoms with Crippen molar-refractivity contribution < 1.29 is 14.3 Å². The Hall–Kier alpha value is -2.16. The molecule has 0 aromatic heterocycles. The van der Waals surface area contributed by atoms with Crippen LogP contribution in [0.25, 0.3) is 0 Å². The lowest BCUT2D eigenvalue weighted by Gasteiger charge is -2.09. The molecule has 3 heteroatoms. The number of aromatic hydroxyl groups is 1. The second-order valence-electron chi connectivity index (χ2n) is 4.19. The standard InChI is InChI=1S/C15H13FO2/c1-9-10(2)14(17)8-7-11(9)15(18)12-5-3-4-6-13(12)16/h3-8,17H,1-2H3. The quantitative estimate of drug-likeness (QED) is 0.822. The van der Waals surface area contributed by atoms with E-state index >= 15 is 0 Å². The molecule has 0 amide bonds. The van der Waals surface area contributed by atoms with E-state index in [1.165, 1.54) is 24.3 Å². The monoisotopic (exact) mass is 244 g/mol. The predicted molar refractivity (Wildman–Crippen MR) is 67.4 cm³/mol. The first-order valence-electron chi connectivity index (χ1n) is 5.60. The number of hydrogen-bond donors (Lipinski definition) is 1. The molecule has 2 rings (SSSR count). The van der Waals surface area contributed by atoms with E-state index < -0.39 is 5.82 Å². The second kappa shape index (κ2) is 4.61. The molecule has 0 fully saturated rings. The lowest BCUT2D eigenvalue weighted by atomic mass is 9.95. The van der Waals surface area contributed by atoms with Crippen molar-refractivity contribution in [1.29, 1.82) is 0 Å². The van der Waals surface area contributed by atoms with Crippen LogP contribution in [0.3, 0.4) is 0 Å². The van der Waals surface area contributed by atoms with Crippen molar-refractivity contribution in [2.45, 2.75) is 13.8 Å². The van der Waals surface area contributed by atoms with Gasteiger partial charge in [-0.2, -0.15) is 0 Å². The molecule has 0 saturated heterocycles. The zero-order valence-corrected chi connectivity index (χ0v) is 10.2. The van der Waals surface area contributed by atoms with Gasteiger partial charge in [0.1, 0.15) is 11.6 Å². The predicted octanol–water partition coefficient (Wildman–Crippen LogP) is 3.38. The van der Waals surface area contributed by atoms with E-state index in [9.17, 15) is 14.3 Å². The summed E-state index contributed by atoms with van der Waals surface area (Å²) in [6.07, 6.45) is 0. The van der Waals surface area contributed by atoms with Gasteiger partial charge in [0.15, 0.2) is 5.78 Å². The smallest absolute Gasteiger partial charge is 0.196 e. The van der Waals surface area contributed by atoms with Gasteiger partial charge in [0.25, 0.3) is 0 Å². The Morgan fingerprint density at radius 1 is 1.00 bits per heavy atom. The molecule has 18 heavy (non-hydrogen) atoms. The van der Waals surface area contributed by atoms with Crippen molar-refractivity contribution >= 4 is 5.78 Å². The van der Waals surface area contributed by atoms with Gasteiger partial charge in [0.2, 0.25) is 0 Å². The van der Waals surface area contributed by atoms with E-state index in [0.717, 1.165) is 0 Å². The Kier molecular flexibility index (Phi) is 3.15. The van der Waals surface area contributed by atoms with Crippen molar-refractivity contribution in [1.82, 2.24) is 0 Å². The fourth-order valence-electron chi connectivity index (χ4n) is 1.84. The van der Waals surface area contributed by atoms with Crippen molar-refractivity contribution in [3.8, 4) is 5.75 Å². The molecule has 0 bridgehead atoms. The normalized spacial score (nSPS) is 10.4. The highest BCUT2D eigenvalue weighted by Crippen LogP contribution is 2.25. The number of carbonyl (C=O) groups is 1. The van der Waals surface area contributed by atoms with E-state index in [-0.39, 0.29) is 17.1 Å². The highest BCUT2D eigenvalue weighted by atomic mass is 19.1. The first-order chi connectivity index (χ1) is 8.52. The summed E-state index contributed by atoms with van der Waals surface area (Å²) in [6, 6.07) is 8.86. The number of hydrogen-bond acceptors (Lipinski definition) is 2. The van der Waals surface area contributed by atoms with E-state index in [4.69, 9.17) is 0 Å². The van der Waals surface area contributed by atoms with Gasteiger partial charge in [-0.15, -0.1) is 0 Å². The summed E-state index contributed by atoms with van der Waals surface area (Å²) in [5.74, 6) is -0.765. The van der Waals surface area contributed by atoms with Crippen LogP contribution in [0, 0.1) is 19.7 Å². The highest BCUT2D eigenvalue weighted by Gasteiger charge is 2.17. The Morgan fingerprint density at radius 3 is 2.33 bits per heavy atom. The van der Waals surface area contributed by atoms with Crippen molar-refractivity contribution in [3.05, 3.63) is 64.5 Å². The van der Waals surface area contributed by atoms with Crippen molar-refractivity contribution in [2.24, 2.45) is 0 Å². The number of phenols is 1. The third-order valence-electron chi connectivity index (χ3n) is 3.12. The summed E-state index contributed by atoms with van der Waals surface area (Å²) in [6.45, 7) is 3.46. The van der Waals surface area contributed by atoms with Gasteiger partial charge in [-0.05, 0) is 49.2 Å². The lowest BCUT2D eigenvalue weighted by Crippen LogP contribution is -2.07. The molecule has 0 saturated carbocycles. The topological polar surface area (TPSA) is 37.3 Å².